The fraction of sp³-hybridized carbons (Fsp3) is 0.188. The van der Waals surface area contributed by atoms with Crippen molar-refractivity contribution in [1.29, 1.82) is 0 Å². The number of aromatic nitrogens is 3. The van der Waals surface area contributed by atoms with Crippen LogP contribution < -0.4 is 5.73 Å². The molecule has 0 aliphatic carbocycles. The summed E-state index contributed by atoms with van der Waals surface area (Å²) in [5, 5.41) is 0. The van der Waals surface area contributed by atoms with E-state index < -0.39 is 0 Å². The van der Waals surface area contributed by atoms with Gasteiger partial charge in [0.15, 0.2) is 23.8 Å². The van der Waals surface area contributed by atoms with Crippen LogP contribution in [0.3, 0.4) is 0 Å². The second-order valence-corrected chi connectivity index (χ2v) is 5.65. The van der Waals surface area contributed by atoms with Crippen LogP contribution in [-0.4, -0.2) is 19.7 Å². The highest BCUT2D eigenvalue weighted by molar-refractivity contribution is 7.93. The number of carbonyl (C=O) groups is 1. The Kier molecular flexibility index (Phi) is 4.04. The van der Waals surface area contributed by atoms with Crippen molar-refractivity contribution >= 4 is 35.1 Å². The number of nitrogens with two attached hydrogens (primary N) is 1. The lowest BCUT2D eigenvalue weighted by Gasteiger charge is -2.07. The maximum absolute atomic E-state index is 13.6. The topological polar surface area (TPSA) is 73.8 Å². The lowest BCUT2D eigenvalue weighted by molar-refractivity contribution is 0.101. The molecule has 7 heteroatoms. The van der Waals surface area contributed by atoms with Crippen LogP contribution in [0, 0.1) is 0 Å². The molecule has 0 amide bonds. The quantitative estimate of drug-likeness (QED) is 0.736. The van der Waals surface area contributed by atoms with Crippen LogP contribution in [0.2, 0.25) is 0 Å². The van der Waals surface area contributed by atoms with Gasteiger partial charge in [0.05, 0.1) is 11.9 Å². The van der Waals surface area contributed by atoms with Crippen molar-refractivity contribution in [3.63, 3.8) is 0 Å². The first kappa shape index (κ1) is 15.5. The van der Waals surface area contributed by atoms with Gasteiger partial charge in [-0.2, -0.15) is 0 Å². The number of hydrogen-bond acceptors (Lipinski definition) is 5. The third-order valence-corrected chi connectivity index (χ3v) is 4.22. The van der Waals surface area contributed by atoms with Crippen molar-refractivity contribution in [3.8, 4) is 11.3 Å². The van der Waals surface area contributed by atoms with Gasteiger partial charge in [0.2, 0.25) is 0 Å². The maximum atomic E-state index is 13.6. The Bertz CT molecular complexity index is 889. The monoisotopic (exact) mass is 330 g/mol. The van der Waals surface area contributed by atoms with E-state index in [0.29, 0.717) is 34.7 Å². The highest BCUT2D eigenvalue weighted by atomic mass is 32.2. The Balaban J connectivity index is 2.29. The fourth-order valence-corrected chi connectivity index (χ4v) is 3.13. The molecule has 118 valence electrons. The number of hydrogen-bond donors (Lipinski definition) is 1. The van der Waals surface area contributed by atoms with Gasteiger partial charge in [-0.05, 0) is 18.9 Å². The average molecular weight is 330 g/mol. The van der Waals surface area contributed by atoms with Crippen molar-refractivity contribution in [2.75, 3.05) is 5.73 Å². The second-order valence-electron chi connectivity index (χ2n) is 5.14. The zero-order valence-electron chi connectivity index (χ0n) is 12.7. The minimum atomic E-state index is -0.0104. The number of fused-ring (bicyclic) bond motifs is 1. The number of ketones is 1. The van der Waals surface area contributed by atoms with E-state index >= 15 is 0 Å². The van der Waals surface area contributed by atoms with Crippen LogP contribution in [0.15, 0.2) is 30.5 Å². The zero-order valence-corrected chi connectivity index (χ0v) is 13.5. The second kappa shape index (κ2) is 6.00. The molecule has 2 aromatic heterocycles. The number of rotatable bonds is 4. The first-order valence-corrected chi connectivity index (χ1v) is 7.80. The first-order chi connectivity index (χ1) is 11.1. The lowest BCUT2D eigenvalue weighted by Crippen LogP contribution is -1.95. The summed E-state index contributed by atoms with van der Waals surface area (Å²) in [4.78, 5) is 19.9. The van der Waals surface area contributed by atoms with Gasteiger partial charge in [-0.1, -0.05) is 31.2 Å². The van der Waals surface area contributed by atoms with E-state index in [0.717, 1.165) is 11.1 Å². The molecule has 2 N–H and O–H groups in total. The molecule has 1 aromatic carbocycles. The summed E-state index contributed by atoms with van der Waals surface area (Å²) in [7, 11) is 0. The minimum Gasteiger partial charge on any atom is -0.382 e. The number of aryl methyl sites for hydroxylation is 1. The van der Waals surface area contributed by atoms with Crippen molar-refractivity contribution in [2.24, 2.45) is 0 Å². The predicted octanol–water partition coefficient (Wildman–Crippen LogP) is 3.83. The third kappa shape index (κ3) is 2.57. The summed E-state index contributed by atoms with van der Waals surface area (Å²) in [6.45, 7) is 3.48. The maximum Gasteiger partial charge on any atom is 0.171 e. The molecule has 23 heavy (non-hydrogen) atoms. The van der Waals surface area contributed by atoms with Crippen molar-refractivity contribution < 1.29 is 8.68 Å². The SMILES string of the molecule is CCc1c(-c2ccc(C(C)=O)cc2)n(SF)c2ncc(N)nc12. The molecule has 0 radical (unpaired) electrons. The molecule has 0 unspecified atom stereocenters. The van der Waals surface area contributed by atoms with Crippen molar-refractivity contribution in [1.82, 2.24) is 13.9 Å². The van der Waals surface area contributed by atoms with Gasteiger partial charge >= 0.3 is 0 Å². The molecule has 0 fully saturated rings. The van der Waals surface area contributed by atoms with Crippen LogP contribution in [0.1, 0.15) is 29.8 Å². The molecule has 0 aliphatic rings. The van der Waals surface area contributed by atoms with E-state index in [1.165, 1.54) is 17.1 Å². The van der Waals surface area contributed by atoms with Crippen LogP contribution in [0.5, 0.6) is 0 Å². The number of Topliss-reactive ketones (excluding diaryl/α,β-unsaturated/α-hetero) is 1. The molecule has 3 rings (SSSR count). The molecule has 0 saturated carbocycles. The number of nitrogen functional groups attached to an aromatic ring is 1. The lowest BCUT2D eigenvalue weighted by atomic mass is 10.0. The third-order valence-electron chi connectivity index (χ3n) is 3.73. The van der Waals surface area contributed by atoms with E-state index in [-0.39, 0.29) is 18.1 Å². The van der Waals surface area contributed by atoms with Crippen LogP contribution in [0.25, 0.3) is 22.4 Å². The van der Waals surface area contributed by atoms with Crippen molar-refractivity contribution in [3.05, 3.63) is 41.6 Å². The Morgan fingerprint density at radius 1 is 1.35 bits per heavy atom. The molecular weight excluding hydrogens is 315 g/mol. The van der Waals surface area contributed by atoms with Gasteiger partial charge in [-0.15, -0.1) is 3.89 Å². The van der Waals surface area contributed by atoms with Gasteiger partial charge < -0.3 is 5.73 Å². The van der Waals surface area contributed by atoms with E-state index in [2.05, 4.69) is 9.97 Å². The highest BCUT2D eigenvalue weighted by Gasteiger charge is 2.21. The summed E-state index contributed by atoms with van der Waals surface area (Å²) in [5.74, 6) is 0.287. The van der Waals surface area contributed by atoms with E-state index in [1.807, 2.05) is 6.92 Å². The zero-order chi connectivity index (χ0) is 16.6. The Morgan fingerprint density at radius 3 is 2.61 bits per heavy atom. The minimum absolute atomic E-state index is 0.0104. The largest absolute Gasteiger partial charge is 0.382 e. The number of nitrogens with zero attached hydrogens (tertiary/aromatic N) is 3. The molecule has 0 bridgehead atoms. The van der Waals surface area contributed by atoms with Crippen molar-refractivity contribution in [2.45, 2.75) is 20.3 Å². The Morgan fingerprint density at radius 2 is 2.04 bits per heavy atom. The van der Waals surface area contributed by atoms with Gasteiger partial charge in [-0.25, -0.2) is 13.9 Å². The van der Waals surface area contributed by atoms with E-state index in [1.54, 1.807) is 24.3 Å². The smallest absolute Gasteiger partial charge is 0.171 e. The normalized spacial score (nSPS) is 11.1. The number of carbonyl (C=O) groups excluding carboxylic acids is 1. The Hall–Kier alpha value is -2.41. The first-order valence-electron chi connectivity index (χ1n) is 7.13. The number of anilines is 1. The molecular formula is C16H15FN4OS. The summed E-state index contributed by atoms with van der Waals surface area (Å²) < 4.78 is 15.0. The van der Waals surface area contributed by atoms with Gasteiger partial charge in [0.25, 0.3) is 0 Å². The number of benzene rings is 1. The summed E-state index contributed by atoms with van der Waals surface area (Å²) >= 11 is 0.0787. The summed E-state index contributed by atoms with van der Waals surface area (Å²) in [5.41, 5.74) is 9.74. The molecule has 2 heterocycles. The molecule has 5 nitrogen and oxygen atoms in total. The van der Waals surface area contributed by atoms with E-state index in [9.17, 15) is 8.68 Å². The fourth-order valence-electron chi connectivity index (χ4n) is 2.64. The molecule has 0 aliphatic heterocycles. The number of halogens is 1. The van der Waals surface area contributed by atoms with Crippen LogP contribution >= 0.6 is 12.3 Å². The average Bonchev–Trinajstić information content (AvgIpc) is 2.87. The van der Waals surface area contributed by atoms with Crippen LogP contribution in [0.4, 0.5) is 9.70 Å². The van der Waals surface area contributed by atoms with Crippen LogP contribution in [-0.2, 0) is 6.42 Å². The van der Waals surface area contributed by atoms with Gasteiger partial charge in [0.1, 0.15) is 11.3 Å². The van der Waals surface area contributed by atoms with Gasteiger partial charge in [-0.3, -0.25) is 4.79 Å². The molecule has 0 spiro atoms. The van der Waals surface area contributed by atoms with Gasteiger partial charge in [0, 0.05) is 11.1 Å². The predicted molar refractivity (Wildman–Crippen MR) is 90.9 cm³/mol. The highest BCUT2D eigenvalue weighted by Crippen LogP contribution is 2.36. The summed E-state index contributed by atoms with van der Waals surface area (Å²) in [6, 6.07) is 7.08. The summed E-state index contributed by atoms with van der Waals surface area (Å²) in [6.07, 6.45) is 2.07. The standard InChI is InChI=1S/C16H15FN4OS/c1-3-12-14-16(19-8-13(18)20-14)21(23-17)15(12)11-6-4-10(5-7-11)9(2)22/h4-8H,3H2,1-2H3,(H2,18,20). The van der Waals surface area contributed by atoms with E-state index in [4.69, 9.17) is 5.73 Å². The molecule has 3 aromatic rings. The molecule has 0 saturated heterocycles. The molecule has 0 atom stereocenters. The Labute approximate surface area is 137 Å².